The Bertz CT molecular complexity index is 1380. The molecule has 0 spiro atoms. The molecule has 5 rings (SSSR count). The highest BCUT2D eigenvalue weighted by atomic mass is 16.1. The van der Waals surface area contributed by atoms with Crippen LogP contribution in [0, 0.1) is 23.2 Å². The van der Waals surface area contributed by atoms with Gasteiger partial charge in [0.15, 0.2) is 0 Å². The third kappa shape index (κ3) is 4.61. The van der Waals surface area contributed by atoms with E-state index in [4.69, 9.17) is 5.26 Å². The maximum Gasteiger partial charge on any atom is 0.132 e. The molecule has 3 heterocycles. The van der Waals surface area contributed by atoms with Gasteiger partial charge in [-0.15, -0.1) is 0 Å². The summed E-state index contributed by atoms with van der Waals surface area (Å²) in [6.45, 7) is 5.96. The number of nitriles is 1. The average molecular weight is 467 g/mol. The van der Waals surface area contributed by atoms with Crippen molar-refractivity contribution in [3.8, 4) is 17.3 Å². The number of fused-ring (bicyclic) bond motifs is 1. The van der Waals surface area contributed by atoms with Gasteiger partial charge in [-0.25, -0.2) is 4.52 Å². The van der Waals surface area contributed by atoms with Crippen molar-refractivity contribution in [3.63, 3.8) is 0 Å². The molecule has 7 nitrogen and oxygen atoms in total. The number of carbonyl (C=O) groups is 1. The van der Waals surface area contributed by atoms with E-state index in [1.165, 1.54) is 0 Å². The third-order valence-corrected chi connectivity index (χ3v) is 7.12. The molecular weight excluding hydrogens is 436 g/mol. The predicted molar refractivity (Wildman–Crippen MR) is 139 cm³/mol. The molecule has 0 unspecified atom stereocenters. The van der Waals surface area contributed by atoms with Crippen molar-refractivity contribution in [3.05, 3.63) is 53.7 Å². The van der Waals surface area contributed by atoms with Gasteiger partial charge in [0.1, 0.15) is 11.9 Å². The quantitative estimate of drug-likeness (QED) is 0.509. The Morgan fingerprint density at radius 3 is 2.63 bits per heavy atom. The Morgan fingerprint density at radius 2 is 1.91 bits per heavy atom. The van der Waals surface area contributed by atoms with Crippen LogP contribution < -0.4 is 5.32 Å². The Hall–Kier alpha value is -3.79. The summed E-state index contributed by atoms with van der Waals surface area (Å²) in [5, 5.41) is 26.4. The standard InChI is InChI=1S/C28H30N6O/c1-17(2)31-26-13-22(28-11-9-23-12-19(15-29)16-30-34(23)28)8-10-24(26)27-14-25(32-33-27)21-6-4-20(5-7-21)18(3)35/h8-13,16-17,20-21,31H,4-7,14H2,1-3H3. The minimum absolute atomic E-state index is 0.217. The molecule has 7 heteroatoms. The van der Waals surface area contributed by atoms with Crippen LogP contribution in [0.1, 0.15) is 64.0 Å². The highest BCUT2D eigenvalue weighted by Gasteiger charge is 2.30. The lowest BCUT2D eigenvalue weighted by Gasteiger charge is -2.26. The fraction of sp³-hybridized carbons (Fsp3) is 0.393. The predicted octanol–water partition coefficient (Wildman–Crippen LogP) is 5.64. The minimum atomic E-state index is 0.217. The van der Waals surface area contributed by atoms with E-state index < -0.39 is 0 Å². The molecule has 2 aliphatic rings. The Balaban J connectivity index is 1.39. The maximum atomic E-state index is 11.7. The molecule has 178 valence electrons. The van der Waals surface area contributed by atoms with Gasteiger partial charge in [0, 0.05) is 40.9 Å². The highest BCUT2D eigenvalue weighted by molar-refractivity contribution is 6.18. The van der Waals surface area contributed by atoms with E-state index in [1.54, 1.807) is 13.1 Å². The second-order valence-corrected chi connectivity index (χ2v) is 9.94. The first-order valence-electron chi connectivity index (χ1n) is 12.4. The van der Waals surface area contributed by atoms with E-state index in [2.05, 4.69) is 58.7 Å². The van der Waals surface area contributed by atoms with Gasteiger partial charge in [-0.3, -0.25) is 4.79 Å². The molecule has 0 amide bonds. The number of Topliss-reactive ketones (excluding diaryl/α,β-unsaturated/α-hetero) is 1. The van der Waals surface area contributed by atoms with Gasteiger partial charge in [0.2, 0.25) is 0 Å². The number of rotatable bonds is 6. The van der Waals surface area contributed by atoms with E-state index in [0.29, 0.717) is 17.3 Å². The maximum absolute atomic E-state index is 11.7. The number of carbonyl (C=O) groups excluding carboxylic acids is 1. The molecule has 2 aromatic heterocycles. The molecule has 0 bridgehead atoms. The molecule has 1 aliphatic heterocycles. The summed E-state index contributed by atoms with van der Waals surface area (Å²) in [5.74, 6) is 0.952. The molecular formula is C28H30N6O. The number of hydrogen-bond donors (Lipinski definition) is 1. The number of nitrogens with one attached hydrogen (secondary N) is 1. The van der Waals surface area contributed by atoms with Crippen molar-refractivity contribution in [1.82, 2.24) is 9.61 Å². The SMILES string of the molecule is CC(=O)C1CCC(C2=NN=C(c3ccc(-c4ccc5cc(C#N)cnn45)cc3NC(C)C)C2)CC1. The van der Waals surface area contributed by atoms with Crippen LogP contribution in [-0.2, 0) is 4.79 Å². The lowest BCUT2D eigenvalue weighted by atomic mass is 9.77. The van der Waals surface area contributed by atoms with E-state index in [0.717, 1.165) is 71.6 Å². The first-order valence-corrected chi connectivity index (χ1v) is 12.4. The number of ketones is 1. The largest absolute Gasteiger partial charge is 0.382 e. The second kappa shape index (κ2) is 9.46. The van der Waals surface area contributed by atoms with Crippen LogP contribution in [0.3, 0.4) is 0 Å². The zero-order chi connectivity index (χ0) is 24.5. The lowest BCUT2D eigenvalue weighted by Crippen LogP contribution is -2.25. The van der Waals surface area contributed by atoms with Crippen LogP contribution in [0.5, 0.6) is 0 Å². The van der Waals surface area contributed by atoms with Gasteiger partial charge in [-0.05, 0) is 76.6 Å². The Labute approximate surface area is 205 Å². The summed E-state index contributed by atoms with van der Waals surface area (Å²) in [6.07, 6.45) is 6.30. The number of benzene rings is 1. The molecule has 3 aromatic rings. The summed E-state index contributed by atoms with van der Waals surface area (Å²) < 4.78 is 1.86. The second-order valence-electron chi connectivity index (χ2n) is 9.94. The topological polar surface area (TPSA) is 94.9 Å². The van der Waals surface area contributed by atoms with Crippen LogP contribution in [0.2, 0.25) is 0 Å². The summed E-state index contributed by atoms with van der Waals surface area (Å²) in [4.78, 5) is 11.7. The molecule has 1 N–H and O–H groups in total. The van der Waals surface area contributed by atoms with Crippen LogP contribution in [0.15, 0.2) is 52.8 Å². The fourth-order valence-electron chi connectivity index (χ4n) is 5.24. The van der Waals surface area contributed by atoms with E-state index in [1.807, 2.05) is 22.7 Å². The van der Waals surface area contributed by atoms with Gasteiger partial charge in [0.25, 0.3) is 0 Å². The zero-order valence-electron chi connectivity index (χ0n) is 20.5. The fourth-order valence-corrected chi connectivity index (χ4v) is 5.24. The van der Waals surface area contributed by atoms with E-state index in [9.17, 15) is 4.79 Å². The Morgan fingerprint density at radius 1 is 1.11 bits per heavy atom. The van der Waals surface area contributed by atoms with Gasteiger partial charge in [-0.1, -0.05) is 12.1 Å². The van der Waals surface area contributed by atoms with Gasteiger partial charge in [-0.2, -0.15) is 20.6 Å². The number of hydrogen-bond acceptors (Lipinski definition) is 6. The van der Waals surface area contributed by atoms with Crippen LogP contribution in [0.25, 0.3) is 16.8 Å². The smallest absolute Gasteiger partial charge is 0.132 e. The molecule has 1 aromatic carbocycles. The summed E-state index contributed by atoms with van der Waals surface area (Å²) >= 11 is 0. The van der Waals surface area contributed by atoms with Crippen LogP contribution >= 0.6 is 0 Å². The molecule has 0 radical (unpaired) electrons. The average Bonchev–Trinajstić information content (AvgIpc) is 3.51. The van der Waals surface area contributed by atoms with E-state index >= 15 is 0 Å². The normalized spacial score (nSPS) is 20.0. The first kappa shape index (κ1) is 23.0. The third-order valence-electron chi connectivity index (χ3n) is 7.12. The first-order chi connectivity index (χ1) is 16.9. The molecule has 1 aliphatic carbocycles. The van der Waals surface area contributed by atoms with Crippen LogP contribution in [0.4, 0.5) is 5.69 Å². The van der Waals surface area contributed by atoms with Crippen molar-refractivity contribution >= 4 is 28.4 Å². The van der Waals surface area contributed by atoms with Crippen molar-refractivity contribution in [2.45, 2.75) is 58.9 Å². The van der Waals surface area contributed by atoms with Crippen molar-refractivity contribution < 1.29 is 4.79 Å². The summed E-state index contributed by atoms with van der Waals surface area (Å²) in [6, 6.07) is 14.6. The van der Waals surface area contributed by atoms with Crippen molar-refractivity contribution in [2.75, 3.05) is 5.32 Å². The molecule has 1 saturated carbocycles. The monoisotopic (exact) mass is 466 g/mol. The van der Waals surface area contributed by atoms with Gasteiger partial charge in [0.05, 0.1) is 28.7 Å². The number of nitrogens with zero attached hydrogens (tertiary/aromatic N) is 5. The molecule has 35 heavy (non-hydrogen) atoms. The number of aromatic nitrogens is 2. The number of anilines is 1. The molecule has 0 saturated heterocycles. The minimum Gasteiger partial charge on any atom is -0.382 e. The lowest BCUT2D eigenvalue weighted by molar-refractivity contribution is -0.121. The van der Waals surface area contributed by atoms with Gasteiger partial charge >= 0.3 is 0 Å². The van der Waals surface area contributed by atoms with Crippen molar-refractivity contribution in [2.24, 2.45) is 22.0 Å². The van der Waals surface area contributed by atoms with Crippen molar-refractivity contribution in [1.29, 1.82) is 5.26 Å². The van der Waals surface area contributed by atoms with Crippen LogP contribution in [-0.4, -0.2) is 32.9 Å². The summed E-state index contributed by atoms with van der Waals surface area (Å²) in [5.41, 5.74) is 7.67. The molecule has 0 atom stereocenters. The highest BCUT2D eigenvalue weighted by Crippen LogP contribution is 2.34. The zero-order valence-corrected chi connectivity index (χ0v) is 20.5. The molecule has 1 fully saturated rings. The summed E-state index contributed by atoms with van der Waals surface area (Å²) in [7, 11) is 0. The Kier molecular flexibility index (Phi) is 6.21. The van der Waals surface area contributed by atoms with E-state index in [-0.39, 0.29) is 12.0 Å². The van der Waals surface area contributed by atoms with Gasteiger partial charge < -0.3 is 5.32 Å².